The number of carboxylic acid groups (broad SMARTS) is 1. The quantitative estimate of drug-likeness (QED) is 0.456. The van der Waals surface area contributed by atoms with Gasteiger partial charge in [0, 0.05) is 17.9 Å². The minimum Gasteiger partial charge on any atom is -0.504 e. The van der Waals surface area contributed by atoms with Crippen molar-refractivity contribution in [3.63, 3.8) is 0 Å². The molecule has 1 unspecified atom stereocenters. The molecule has 0 heterocycles. The van der Waals surface area contributed by atoms with Gasteiger partial charge in [-0.15, -0.1) is 0 Å². The van der Waals surface area contributed by atoms with E-state index in [2.05, 4.69) is 0 Å². The Labute approximate surface area is 152 Å². The lowest BCUT2D eigenvalue weighted by Crippen LogP contribution is -2.06. The number of carboxylic acids is 1. The maximum atomic E-state index is 13.3. The van der Waals surface area contributed by atoms with Crippen LogP contribution in [-0.2, 0) is 4.79 Å². The van der Waals surface area contributed by atoms with Crippen molar-refractivity contribution in [1.29, 1.82) is 0 Å². The largest absolute Gasteiger partial charge is 0.504 e. The van der Waals surface area contributed by atoms with E-state index in [1.165, 1.54) is 18.2 Å². The predicted octanol–water partition coefficient (Wildman–Crippen LogP) is 5.02. The summed E-state index contributed by atoms with van der Waals surface area (Å²) in [5.41, 5.74) is 3.26. The van der Waals surface area contributed by atoms with Gasteiger partial charge in [-0.2, -0.15) is 0 Å². The Hall–Kier alpha value is -2.56. The van der Waals surface area contributed by atoms with Crippen LogP contribution >= 0.6 is 0 Å². The summed E-state index contributed by atoms with van der Waals surface area (Å²) in [4.78, 5) is 10.6. The Morgan fingerprint density at radius 2 is 1.73 bits per heavy atom. The summed E-state index contributed by atoms with van der Waals surface area (Å²) in [5.74, 6) is -1.65. The maximum Gasteiger partial charge on any atom is 0.303 e. The Morgan fingerprint density at radius 3 is 2.35 bits per heavy atom. The number of halogens is 1. The van der Waals surface area contributed by atoms with Crippen molar-refractivity contribution >= 4 is 5.97 Å². The summed E-state index contributed by atoms with van der Waals surface area (Å²) in [7, 11) is 0. The second-order valence-corrected chi connectivity index (χ2v) is 6.70. The van der Waals surface area contributed by atoms with E-state index in [0.717, 1.165) is 29.5 Å². The number of hydrogen-bond acceptors (Lipinski definition) is 3. The first-order valence-electron chi connectivity index (χ1n) is 8.80. The minimum absolute atomic E-state index is 0.136. The zero-order valence-corrected chi connectivity index (χ0v) is 15.1. The molecule has 2 aromatic rings. The van der Waals surface area contributed by atoms with Crippen molar-refractivity contribution in [2.75, 3.05) is 0 Å². The van der Waals surface area contributed by atoms with Gasteiger partial charge in [-0.3, -0.25) is 4.79 Å². The number of rotatable bonds is 8. The number of unbranched alkanes of at least 4 members (excludes halogenated alkanes) is 2. The number of phenols is 2. The molecule has 0 saturated carbocycles. The summed E-state index contributed by atoms with van der Waals surface area (Å²) < 4.78 is 13.3. The lowest BCUT2D eigenvalue weighted by molar-refractivity contribution is -0.137. The third-order valence-corrected chi connectivity index (χ3v) is 4.85. The molecule has 2 aromatic carbocycles. The highest BCUT2D eigenvalue weighted by Crippen LogP contribution is 2.43. The zero-order valence-electron chi connectivity index (χ0n) is 15.1. The van der Waals surface area contributed by atoms with Gasteiger partial charge in [0.1, 0.15) is 5.82 Å². The molecule has 5 heteroatoms. The molecule has 140 valence electrons. The predicted molar refractivity (Wildman–Crippen MR) is 98.2 cm³/mol. The van der Waals surface area contributed by atoms with Crippen LogP contribution in [0.2, 0.25) is 0 Å². The molecular formula is C21H25FO4. The molecule has 1 atom stereocenters. The number of carbonyl (C=O) groups is 1. The lowest BCUT2D eigenvalue weighted by atomic mass is 9.82. The normalized spacial score (nSPS) is 12.1. The Bertz CT molecular complexity index is 742. The van der Waals surface area contributed by atoms with Crippen LogP contribution in [0.5, 0.6) is 11.5 Å². The number of aliphatic carboxylic acids is 1. The van der Waals surface area contributed by atoms with Gasteiger partial charge < -0.3 is 15.3 Å². The Balaban J connectivity index is 2.32. The van der Waals surface area contributed by atoms with E-state index in [4.69, 9.17) is 5.11 Å². The van der Waals surface area contributed by atoms with Gasteiger partial charge in [0.25, 0.3) is 0 Å². The molecule has 0 amide bonds. The minimum atomic E-state index is -0.808. The van der Waals surface area contributed by atoms with Crippen molar-refractivity contribution in [3.05, 3.63) is 58.4 Å². The number of aromatic hydroxyl groups is 2. The fraction of sp³-hybridized carbons (Fsp3) is 0.381. The molecule has 4 nitrogen and oxygen atoms in total. The first-order valence-corrected chi connectivity index (χ1v) is 8.80. The topological polar surface area (TPSA) is 77.8 Å². The molecule has 26 heavy (non-hydrogen) atoms. The van der Waals surface area contributed by atoms with E-state index in [0.29, 0.717) is 18.4 Å². The Morgan fingerprint density at radius 1 is 1.08 bits per heavy atom. The highest BCUT2D eigenvalue weighted by Gasteiger charge is 2.23. The fourth-order valence-corrected chi connectivity index (χ4v) is 3.31. The number of benzene rings is 2. The van der Waals surface area contributed by atoms with Crippen LogP contribution in [0.3, 0.4) is 0 Å². The van der Waals surface area contributed by atoms with Gasteiger partial charge in [-0.1, -0.05) is 25.0 Å². The molecule has 0 aliphatic carbocycles. The number of hydrogen-bond donors (Lipinski definition) is 3. The van der Waals surface area contributed by atoms with Gasteiger partial charge in [0.15, 0.2) is 11.5 Å². The third-order valence-electron chi connectivity index (χ3n) is 4.85. The van der Waals surface area contributed by atoms with Crippen LogP contribution in [0.4, 0.5) is 4.39 Å². The van der Waals surface area contributed by atoms with Crippen molar-refractivity contribution in [2.24, 2.45) is 0 Å². The highest BCUT2D eigenvalue weighted by atomic mass is 19.1. The van der Waals surface area contributed by atoms with Crippen LogP contribution in [0, 0.1) is 19.7 Å². The first kappa shape index (κ1) is 19.8. The van der Waals surface area contributed by atoms with E-state index < -0.39 is 5.97 Å². The van der Waals surface area contributed by atoms with Crippen LogP contribution in [-0.4, -0.2) is 21.3 Å². The SMILES string of the molecule is Cc1cc(O)c(O)c(C(CCCCCC(=O)O)c2ccc(F)cc2)c1C. The second-order valence-electron chi connectivity index (χ2n) is 6.70. The molecule has 2 rings (SSSR count). The lowest BCUT2D eigenvalue weighted by Gasteiger charge is -2.23. The molecule has 0 aromatic heterocycles. The van der Waals surface area contributed by atoms with E-state index in [-0.39, 0.29) is 29.7 Å². The second kappa shape index (κ2) is 8.70. The summed E-state index contributed by atoms with van der Waals surface area (Å²) in [6.07, 6.45) is 2.92. The van der Waals surface area contributed by atoms with E-state index in [1.807, 2.05) is 13.8 Å². The zero-order chi connectivity index (χ0) is 19.3. The standard InChI is InChI=1S/C21H25FO4/c1-13-12-18(23)21(26)20(14(13)2)17(6-4-3-5-7-19(24)25)15-8-10-16(22)11-9-15/h8-12,17,23,26H,3-7H2,1-2H3,(H,24,25). The van der Waals surface area contributed by atoms with Crippen molar-refractivity contribution < 1.29 is 24.5 Å². The van der Waals surface area contributed by atoms with Crippen LogP contribution in [0.25, 0.3) is 0 Å². The molecule has 0 fully saturated rings. The average molecular weight is 360 g/mol. The summed E-state index contributed by atoms with van der Waals surface area (Å²) in [6, 6.07) is 7.68. The van der Waals surface area contributed by atoms with E-state index >= 15 is 0 Å². The smallest absolute Gasteiger partial charge is 0.303 e. The van der Waals surface area contributed by atoms with Gasteiger partial charge in [-0.25, -0.2) is 4.39 Å². The van der Waals surface area contributed by atoms with Crippen LogP contribution < -0.4 is 0 Å². The average Bonchev–Trinajstić information content (AvgIpc) is 2.59. The maximum absolute atomic E-state index is 13.3. The summed E-state index contributed by atoms with van der Waals surface area (Å²) >= 11 is 0. The molecule has 0 saturated heterocycles. The molecule has 0 spiro atoms. The monoisotopic (exact) mass is 360 g/mol. The van der Waals surface area contributed by atoms with Gasteiger partial charge >= 0.3 is 5.97 Å². The fourth-order valence-electron chi connectivity index (χ4n) is 3.31. The molecule has 0 bridgehead atoms. The number of aryl methyl sites for hydroxylation is 1. The molecule has 0 radical (unpaired) electrons. The van der Waals surface area contributed by atoms with Gasteiger partial charge in [0.05, 0.1) is 0 Å². The molecule has 0 aliphatic rings. The molecule has 3 N–H and O–H groups in total. The summed E-state index contributed by atoms with van der Waals surface area (Å²) in [5, 5.41) is 29.2. The van der Waals surface area contributed by atoms with E-state index in [9.17, 15) is 19.4 Å². The first-order chi connectivity index (χ1) is 12.3. The van der Waals surface area contributed by atoms with Crippen LogP contribution in [0.15, 0.2) is 30.3 Å². The highest BCUT2D eigenvalue weighted by molar-refractivity contribution is 5.66. The van der Waals surface area contributed by atoms with Crippen molar-refractivity contribution in [3.8, 4) is 11.5 Å². The van der Waals surface area contributed by atoms with Gasteiger partial charge in [0.2, 0.25) is 0 Å². The molecule has 0 aliphatic heterocycles. The van der Waals surface area contributed by atoms with Gasteiger partial charge in [-0.05, 0) is 61.6 Å². The Kier molecular flexibility index (Phi) is 6.61. The third kappa shape index (κ3) is 4.75. The van der Waals surface area contributed by atoms with Crippen molar-refractivity contribution in [1.82, 2.24) is 0 Å². The van der Waals surface area contributed by atoms with E-state index in [1.54, 1.807) is 12.1 Å². The number of phenolic OH excluding ortho intramolecular Hbond substituents is 2. The van der Waals surface area contributed by atoms with Crippen LogP contribution in [0.1, 0.15) is 60.3 Å². The van der Waals surface area contributed by atoms with Crippen molar-refractivity contribution in [2.45, 2.75) is 51.9 Å². The summed E-state index contributed by atoms with van der Waals surface area (Å²) in [6.45, 7) is 3.76. The molecular weight excluding hydrogens is 335 g/mol.